The molecule has 1 aromatic rings. The molecule has 0 atom stereocenters. The summed E-state index contributed by atoms with van der Waals surface area (Å²) in [5.74, 6) is -0.130. The molecule has 0 aromatic heterocycles. The molecule has 0 aliphatic carbocycles. The molecule has 24 heavy (non-hydrogen) atoms. The van der Waals surface area contributed by atoms with Crippen molar-refractivity contribution < 1.29 is 22.5 Å². The summed E-state index contributed by atoms with van der Waals surface area (Å²) in [6.45, 7) is 0.172. The van der Waals surface area contributed by atoms with Crippen LogP contribution in [0.4, 0.5) is 0 Å². The summed E-state index contributed by atoms with van der Waals surface area (Å²) in [5.41, 5.74) is 1.75. The van der Waals surface area contributed by atoms with Crippen molar-refractivity contribution in [2.24, 2.45) is 0 Å². The molecule has 2 heterocycles. The van der Waals surface area contributed by atoms with Crippen LogP contribution < -0.4 is 4.74 Å². The number of ether oxygens (including phenoxy) is 1. The maximum atomic E-state index is 12.4. The molecule has 1 saturated heterocycles. The average Bonchev–Trinajstić information content (AvgIpc) is 2.78. The van der Waals surface area contributed by atoms with Crippen molar-refractivity contribution >= 4 is 50.4 Å². The third kappa shape index (κ3) is 3.86. The van der Waals surface area contributed by atoms with E-state index in [1.807, 2.05) is 30.3 Å². The first kappa shape index (κ1) is 17.2. The smallest absolute Gasteiger partial charge is 0.266 e. The Morgan fingerprint density at radius 1 is 1.38 bits per heavy atom. The molecule has 1 amide bonds. The predicted molar refractivity (Wildman–Crippen MR) is 96.3 cm³/mol. The molecule has 2 aliphatic rings. The fraction of sp³-hybridized carbons (Fsp3) is 0.200. The molecule has 0 radical (unpaired) electrons. The van der Waals surface area contributed by atoms with Gasteiger partial charge in [-0.25, -0.2) is 0 Å². The average molecular weight is 383 g/mol. The van der Waals surface area contributed by atoms with Crippen LogP contribution in [0.2, 0.25) is 0 Å². The zero-order valence-corrected chi connectivity index (χ0v) is 14.8. The summed E-state index contributed by atoms with van der Waals surface area (Å²) in [6.07, 6.45) is 3.63. The minimum absolute atomic E-state index is 0.167. The standard InChI is InChI=1S/C15H13NO5S3/c17-14-13(23-15(22)16(14)5-6-24(18,19)20)8-10-7-11-3-1-2-4-12(11)21-9-10/h1-4,7-8H,5-6,9H2,(H,18,19,20)/b13-8-. The number of thioether (sulfide) groups is 1. The minimum Gasteiger partial charge on any atom is -0.488 e. The second-order valence-corrected chi connectivity index (χ2v) is 8.41. The van der Waals surface area contributed by atoms with Crippen molar-refractivity contribution in [2.75, 3.05) is 18.9 Å². The van der Waals surface area contributed by atoms with Crippen molar-refractivity contribution in [3.05, 3.63) is 46.4 Å². The van der Waals surface area contributed by atoms with Gasteiger partial charge in [0.1, 0.15) is 16.7 Å². The van der Waals surface area contributed by atoms with Crippen molar-refractivity contribution in [1.29, 1.82) is 0 Å². The van der Waals surface area contributed by atoms with Gasteiger partial charge in [-0.15, -0.1) is 0 Å². The van der Waals surface area contributed by atoms with Gasteiger partial charge in [-0.2, -0.15) is 8.42 Å². The van der Waals surface area contributed by atoms with Gasteiger partial charge in [-0.3, -0.25) is 14.2 Å². The van der Waals surface area contributed by atoms with Gasteiger partial charge in [-0.1, -0.05) is 42.2 Å². The lowest BCUT2D eigenvalue weighted by Gasteiger charge is -2.16. The van der Waals surface area contributed by atoms with Crippen LogP contribution in [-0.2, 0) is 14.9 Å². The van der Waals surface area contributed by atoms with Crippen molar-refractivity contribution in [3.8, 4) is 5.75 Å². The highest BCUT2D eigenvalue weighted by atomic mass is 32.2. The summed E-state index contributed by atoms with van der Waals surface area (Å²) in [4.78, 5) is 13.9. The lowest BCUT2D eigenvalue weighted by molar-refractivity contribution is -0.122. The highest BCUT2D eigenvalue weighted by Crippen LogP contribution is 2.33. The van der Waals surface area contributed by atoms with Gasteiger partial charge < -0.3 is 4.74 Å². The molecule has 0 unspecified atom stereocenters. The third-order valence-corrected chi connectivity index (χ3v) is 5.49. The van der Waals surface area contributed by atoms with Crippen LogP contribution in [0.5, 0.6) is 5.75 Å². The van der Waals surface area contributed by atoms with Crippen LogP contribution in [0.1, 0.15) is 5.56 Å². The third-order valence-electron chi connectivity index (χ3n) is 3.42. The molecule has 9 heteroatoms. The normalized spacial score (nSPS) is 19.3. The number of thiocarbonyl (C=S) groups is 1. The maximum Gasteiger partial charge on any atom is 0.266 e. The van der Waals surface area contributed by atoms with E-state index in [4.69, 9.17) is 21.5 Å². The summed E-state index contributed by atoms with van der Waals surface area (Å²) < 4.78 is 36.4. The van der Waals surface area contributed by atoms with Crippen molar-refractivity contribution in [2.45, 2.75) is 0 Å². The van der Waals surface area contributed by atoms with E-state index in [1.165, 1.54) is 4.90 Å². The van der Waals surface area contributed by atoms with E-state index in [1.54, 1.807) is 6.08 Å². The zero-order chi connectivity index (χ0) is 17.3. The molecule has 3 rings (SSSR count). The monoisotopic (exact) mass is 383 g/mol. The van der Waals surface area contributed by atoms with E-state index in [2.05, 4.69) is 0 Å². The number of carbonyl (C=O) groups is 1. The minimum atomic E-state index is -4.15. The number of fused-ring (bicyclic) bond motifs is 1. The second kappa shape index (κ2) is 6.67. The molecule has 0 bridgehead atoms. The van der Waals surface area contributed by atoms with Gasteiger partial charge in [0, 0.05) is 12.1 Å². The molecule has 1 fully saturated rings. The van der Waals surface area contributed by atoms with Crippen LogP contribution in [0.25, 0.3) is 6.08 Å². The Hall–Kier alpha value is -1.68. The first-order valence-electron chi connectivity index (χ1n) is 6.96. The fourth-order valence-electron chi connectivity index (χ4n) is 2.28. The van der Waals surface area contributed by atoms with Crippen molar-refractivity contribution in [1.82, 2.24) is 4.90 Å². The number of nitrogens with zero attached hydrogens (tertiary/aromatic N) is 1. The van der Waals surface area contributed by atoms with Crippen LogP contribution in [0, 0.1) is 0 Å². The number of para-hydroxylation sites is 1. The van der Waals surface area contributed by atoms with Gasteiger partial charge >= 0.3 is 0 Å². The lowest BCUT2D eigenvalue weighted by Crippen LogP contribution is -2.32. The molecule has 2 aliphatic heterocycles. The fourth-order valence-corrected chi connectivity index (χ4v) is 4.02. The Morgan fingerprint density at radius 3 is 2.88 bits per heavy atom. The summed E-state index contributed by atoms with van der Waals surface area (Å²) in [6, 6.07) is 7.57. The summed E-state index contributed by atoms with van der Waals surface area (Å²) in [7, 11) is -4.15. The van der Waals surface area contributed by atoms with Gasteiger partial charge in [0.15, 0.2) is 0 Å². The maximum absolute atomic E-state index is 12.4. The van der Waals surface area contributed by atoms with Crippen LogP contribution in [0.15, 0.2) is 40.8 Å². The largest absolute Gasteiger partial charge is 0.488 e. The summed E-state index contributed by atoms with van der Waals surface area (Å²) >= 11 is 6.22. The molecule has 0 saturated carbocycles. The number of rotatable bonds is 4. The van der Waals surface area contributed by atoms with E-state index in [9.17, 15) is 13.2 Å². The van der Waals surface area contributed by atoms with Crippen LogP contribution in [0.3, 0.4) is 0 Å². The highest BCUT2D eigenvalue weighted by molar-refractivity contribution is 8.26. The Balaban J connectivity index is 1.79. The molecular weight excluding hydrogens is 370 g/mol. The zero-order valence-electron chi connectivity index (χ0n) is 12.3. The summed E-state index contributed by atoms with van der Waals surface area (Å²) in [5, 5.41) is 0. The van der Waals surface area contributed by atoms with Crippen LogP contribution >= 0.6 is 24.0 Å². The first-order valence-corrected chi connectivity index (χ1v) is 9.80. The van der Waals surface area contributed by atoms with Gasteiger partial charge in [0.05, 0.1) is 10.7 Å². The van der Waals surface area contributed by atoms with E-state index in [-0.39, 0.29) is 16.8 Å². The Kier molecular flexibility index (Phi) is 4.77. The Morgan fingerprint density at radius 2 is 2.12 bits per heavy atom. The molecule has 1 N–H and O–H groups in total. The number of hydrogen-bond acceptors (Lipinski definition) is 6. The van der Waals surface area contributed by atoms with E-state index >= 15 is 0 Å². The molecule has 6 nitrogen and oxygen atoms in total. The van der Waals surface area contributed by atoms with Gasteiger partial charge in [0.2, 0.25) is 0 Å². The Bertz CT molecular complexity index is 873. The quantitative estimate of drug-likeness (QED) is 0.484. The second-order valence-electron chi connectivity index (χ2n) is 5.17. The SMILES string of the molecule is O=C1/C(=C/C2=Cc3ccccc3OC2)SC(=S)N1CCS(=O)(=O)O. The van der Waals surface area contributed by atoms with E-state index in [0.717, 1.165) is 28.6 Å². The molecular formula is C15H13NO5S3. The van der Waals surface area contributed by atoms with Gasteiger partial charge in [0.25, 0.3) is 16.0 Å². The Labute approximate surface area is 148 Å². The van der Waals surface area contributed by atoms with Gasteiger partial charge in [-0.05, 0) is 23.8 Å². The van der Waals surface area contributed by atoms with E-state index < -0.39 is 15.9 Å². The first-order chi connectivity index (χ1) is 11.3. The molecule has 0 spiro atoms. The topological polar surface area (TPSA) is 83.9 Å². The van der Waals surface area contributed by atoms with Crippen LogP contribution in [-0.4, -0.2) is 47.0 Å². The number of amides is 1. The number of benzene rings is 1. The van der Waals surface area contributed by atoms with Crippen molar-refractivity contribution in [3.63, 3.8) is 0 Å². The lowest BCUT2D eigenvalue weighted by atomic mass is 10.1. The molecule has 1 aromatic carbocycles. The predicted octanol–water partition coefficient (Wildman–Crippen LogP) is 2.09. The highest BCUT2D eigenvalue weighted by Gasteiger charge is 2.32. The number of carbonyl (C=O) groups excluding carboxylic acids is 1. The molecule has 126 valence electrons. The van der Waals surface area contributed by atoms with E-state index in [0.29, 0.717) is 11.5 Å². The number of hydrogen-bond donors (Lipinski definition) is 1.